The predicted molar refractivity (Wildman–Crippen MR) is 82.4 cm³/mol. The molecule has 1 atom stereocenters. The molecule has 1 N–H and O–H groups in total. The molecular formula is C15H16ClFN2O4. The standard InChI is InChI=1S/C15H16ClFN2O4/c1-3-22-7-12(17)19-15(20)13-14(23-8-18-13)9-4-5-11(21-2)10(16)6-9/h4-6,8,12H,3,7H2,1-2H3,(H,19,20)/i17-1. The van der Waals surface area contributed by atoms with E-state index in [4.69, 9.17) is 25.5 Å². The van der Waals surface area contributed by atoms with Crippen LogP contribution in [0, 0.1) is 0 Å². The molecule has 0 aliphatic heterocycles. The summed E-state index contributed by atoms with van der Waals surface area (Å²) in [6, 6.07) is 4.87. The van der Waals surface area contributed by atoms with Crippen molar-refractivity contribution in [3.05, 3.63) is 35.3 Å². The fourth-order valence-corrected chi connectivity index (χ4v) is 2.15. The maximum absolute atomic E-state index is 13.6. The van der Waals surface area contributed by atoms with Gasteiger partial charge in [-0.3, -0.25) is 4.79 Å². The van der Waals surface area contributed by atoms with Gasteiger partial charge in [0.05, 0.1) is 18.7 Å². The lowest BCUT2D eigenvalue weighted by atomic mass is 10.1. The largest absolute Gasteiger partial charge is 0.495 e. The van der Waals surface area contributed by atoms with E-state index in [1.54, 1.807) is 25.1 Å². The first kappa shape index (κ1) is 17.2. The van der Waals surface area contributed by atoms with Crippen LogP contribution in [-0.2, 0) is 4.74 Å². The minimum absolute atomic E-state index is 0.0367. The highest BCUT2D eigenvalue weighted by Gasteiger charge is 2.21. The first-order valence-electron chi connectivity index (χ1n) is 6.86. The van der Waals surface area contributed by atoms with E-state index >= 15 is 0 Å². The van der Waals surface area contributed by atoms with E-state index in [-0.39, 0.29) is 18.1 Å². The fraction of sp³-hybridized carbons (Fsp3) is 0.333. The van der Waals surface area contributed by atoms with Gasteiger partial charge in [-0.1, -0.05) is 11.6 Å². The molecule has 0 aliphatic rings. The Kier molecular flexibility index (Phi) is 5.95. The number of carbonyl (C=O) groups excluding carboxylic acids is 1. The van der Waals surface area contributed by atoms with E-state index in [1.807, 2.05) is 0 Å². The van der Waals surface area contributed by atoms with Crippen molar-refractivity contribution in [1.29, 1.82) is 0 Å². The summed E-state index contributed by atoms with van der Waals surface area (Å²) in [5, 5.41) is 2.51. The number of rotatable bonds is 7. The normalized spacial score (nSPS) is 12.0. The number of nitrogens with zero attached hydrogens (tertiary/aromatic N) is 1. The van der Waals surface area contributed by atoms with Gasteiger partial charge in [0.2, 0.25) is 0 Å². The first-order chi connectivity index (χ1) is 11.1. The molecule has 0 radical (unpaired) electrons. The van der Waals surface area contributed by atoms with Crippen molar-refractivity contribution in [3.8, 4) is 17.1 Å². The van der Waals surface area contributed by atoms with Crippen LogP contribution in [0.2, 0.25) is 5.02 Å². The second-order valence-electron chi connectivity index (χ2n) is 4.48. The number of oxazole rings is 1. The Morgan fingerprint density at radius 1 is 1.52 bits per heavy atom. The monoisotopic (exact) mass is 341 g/mol. The van der Waals surface area contributed by atoms with Gasteiger partial charge in [-0.05, 0) is 25.1 Å². The molecule has 1 heterocycles. The molecule has 0 spiro atoms. The summed E-state index contributed by atoms with van der Waals surface area (Å²) in [6.45, 7) is 1.86. The van der Waals surface area contributed by atoms with Crippen molar-refractivity contribution in [2.75, 3.05) is 20.3 Å². The van der Waals surface area contributed by atoms with Crippen LogP contribution in [0.1, 0.15) is 17.4 Å². The van der Waals surface area contributed by atoms with Crippen molar-refractivity contribution < 1.29 is 23.1 Å². The summed E-state index contributed by atoms with van der Waals surface area (Å²) >= 11 is 6.06. The number of aromatic nitrogens is 1. The van der Waals surface area contributed by atoms with Gasteiger partial charge in [-0.25, -0.2) is 9.37 Å². The molecule has 2 rings (SSSR count). The number of halogens is 2. The topological polar surface area (TPSA) is 73.6 Å². The smallest absolute Gasteiger partial charge is 0.276 e. The van der Waals surface area contributed by atoms with Crippen molar-refractivity contribution in [3.63, 3.8) is 0 Å². The molecule has 2 aromatic rings. The third kappa shape index (κ3) is 4.20. The molecule has 23 heavy (non-hydrogen) atoms. The summed E-state index contributed by atoms with van der Waals surface area (Å²) in [4.78, 5) is 15.9. The number of amides is 1. The third-order valence-corrected chi connectivity index (χ3v) is 3.25. The molecule has 0 saturated carbocycles. The molecule has 1 aromatic heterocycles. The number of methoxy groups -OCH3 is 1. The molecule has 1 aromatic carbocycles. The highest BCUT2D eigenvalue weighted by atomic mass is 35.5. The Hall–Kier alpha value is -2.12. The van der Waals surface area contributed by atoms with Gasteiger partial charge in [-0.15, -0.1) is 0 Å². The molecule has 0 saturated heterocycles. The summed E-state index contributed by atoms with van der Waals surface area (Å²) in [7, 11) is 1.49. The first-order valence-corrected chi connectivity index (χ1v) is 7.24. The van der Waals surface area contributed by atoms with E-state index in [9.17, 15) is 9.18 Å². The average Bonchev–Trinajstić information content (AvgIpc) is 3.02. The zero-order valence-electron chi connectivity index (χ0n) is 12.6. The van der Waals surface area contributed by atoms with Gasteiger partial charge in [0.1, 0.15) is 5.75 Å². The number of benzene rings is 1. The number of ether oxygens (including phenoxy) is 2. The van der Waals surface area contributed by atoms with E-state index in [1.165, 1.54) is 7.11 Å². The molecule has 6 nitrogen and oxygen atoms in total. The molecule has 1 amide bonds. The third-order valence-electron chi connectivity index (χ3n) is 2.95. The highest BCUT2D eigenvalue weighted by Crippen LogP contribution is 2.31. The molecule has 0 aliphatic carbocycles. The summed E-state index contributed by atoms with van der Waals surface area (Å²) < 4.78 is 28.8. The predicted octanol–water partition coefficient (Wildman–Crippen LogP) is 3.07. The van der Waals surface area contributed by atoms with Gasteiger partial charge < -0.3 is 19.2 Å². The maximum atomic E-state index is 13.6. The van der Waals surface area contributed by atoms with Crippen molar-refractivity contribution in [2.45, 2.75) is 13.2 Å². The lowest BCUT2D eigenvalue weighted by Crippen LogP contribution is -2.35. The summed E-state index contributed by atoms with van der Waals surface area (Å²) in [5.41, 5.74) is 0.490. The second kappa shape index (κ2) is 7.94. The van der Waals surface area contributed by atoms with Crippen LogP contribution in [0.3, 0.4) is 0 Å². The zero-order valence-corrected chi connectivity index (χ0v) is 13.4. The van der Waals surface area contributed by atoms with Crippen LogP contribution >= 0.6 is 11.6 Å². The fourth-order valence-electron chi connectivity index (χ4n) is 1.89. The van der Waals surface area contributed by atoms with Gasteiger partial charge in [0, 0.05) is 12.2 Å². The van der Waals surface area contributed by atoms with E-state index in [2.05, 4.69) is 10.3 Å². The Bertz CT molecular complexity index is 677. The molecular weight excluding hydrogens is 326 g/mol. The van der Waals surface area contributed by atoms with E-state index in [0.29, 0.717) is 22.9 Å². The lowest BCUT2D eigenvalue weighted by molar-refractivity contribution is 0.0621. The molecule has 0 fully saturated rings. The Morgan fingerprint density at radius 2 is 2.30 bits per heavy atom. The van der Waals surface area contributed by atoms with Crippen LogP contribution in [0.4, 0.5) is 4.39 Å². The Morgan fingerprint density at radius 3 is 2.96 bits per heavy atom. The second-order valence-corrected chi connectivity index (χ2v) is 4.89. The highest BCUT2D eigenvalue weighted by molar-refractivity contribution is 6.32. The lowest BCUT2D eigenvalue weighted by Gasteiger charge is -2.10. The zero-order chi connectivity index (χ0) is 16.8. The van der Waals surface area contributed by atoms with Crippen LogP contribution in [-0.4, -0.2) is 37.5 Å². The minimum atomic E-state index is -1.63. The van der Waals surface area contributed by atoms with Crippen LogP contribution in [0.25, 0.3) is 11.3 Å². The SMILES string of the molecule is CCOCC([18F])NC(=O)c1ncoc1-c1ccc(OC)c(Cl)c1. The van der Waals surface area contributed by atoms with Crippen molar-refractivity contribution in [2.24, 2.45) is 0 Å². The number of carbonyl (C=O) groups is 1. The quantitative estimate of drug-likeness (QED) is 0.783. The van der Waals surface area contributed by atoms with Crippen LogP contribution in [0.5, 0.6) is 5.75 Å². The van der Waals surface area contributed by atoms with Crippen LogP contribution in [0.15, 0.2) is 29.0 Å². The van der Waals surface area contributed by atoms with Crippen molar-refractivity contribution in [1.82, 2.24) is 10.3 Å². The number of alkyl halides is 1. The van der Waals surface area contributed by atoms with Gasteiger partial charge in [-0.2, -0.15) is 0 Å². The molecule has 8 heteroatoms. The van der Waals surface area contributed by atoms with Gasteiger partial charge in [0.25, 0.3) is 5.91 Å². The minimum Gasteiger partial charge on any atom is -0.495 e. The number of hydrogen-bond acceptors (Lipinski definition) is 5. The van der Waals surface area contributed by atoms with Gasteiger partial charge in [0.15, 0.2) is 24.1 Å². The Labute approximate surface area is 137 Å². The molecule has 124 valence electrons. The number of hydrogen-bond donors (Lipinski definition) is 1. The number of nitrogens with one attached hydrogen (secondary N) is 1. The maximum Gasteiger partial charge on any atom is 0.276 e. The van der Waals surface area contributed by atoms with Gasteiger partial charge >= 0.3 is 0 Å². The van der Waals surface area contributed by atoms with Crippen LogP contribution < -0.4 is 10.1 Å². The summed E-state index contributed by atoms with van der Waals surface area (Å²) in [6.07, 6.45) is -0.524. The van der Waals surface area contributed by atoms with E-state index < -0.39 is 12.2 Å². The molecule has 0 bridgehead atoms. The van der Waals surface area contributed by atoms with E-state index in [0.717, 1.165) is 6.39 Å². The summed E-state index contributed by atoms with van der Waals surface area (Å²) in [5.74, 6) is -0.0231. The Balaban J connectivity index is 2.19. The molecule has 1 unspecified atom stereocenters. The average molecular weight is 342 g/mol. The van der Waals surface area contributed by atoms with Crippen molar-refractivity contribution >= 4 is 17.5 Å².